The molecule has 2 aromatic rings. The van der Waals surface area contributed by atoms with Crippen LogP contribution in [0.2, 0.25) is 5.02 Å². The molecular weight excluding hydrogens is 420 g/mol. The Kier molecular flexibility index (Phi) is 8.45. The molecule has 0 spiro atoms. The second-order valence-electron chi connectivity index (χ2n) is 6.03. The number of sulfonamides is 1. The molecular formula is C19H25ClN2O4S2. The summed E-state index contributed by atoms with van der Waals surface area (Å²) in [6.45, 7) is 5.39. The Balaban J connectivity index is 2.38. The second kappa shape index (κ2) is 10.4. The normalized spacial score (nSPS) is 11.8. The first-order chi connectivity index (χ1) is 13.3. The van der Waals surface area contributed by atoms with Gasteiger partial charge < -0.3 is 9.64 Å². The molecule has 1 aromatic heterocycles. The fraction of sp³-hybridized carbons (Fsp3) is 0.421. The van der Waals surface area contributed by atoms with Crippen LogP contribution in [0.25, 0.3) is 0 Å². The van der Waals surface area contributed by atoms with Crippen LogP contribution in [0.3, 0.4) is 0 Å². The summed E-state index contributed by atoms with van der Waals surface area (Å²) in [5.74, 6) is -0.266. The number of carbonyl (C=O) groups is 1. The first-order valence-electron chi connectivity index (χ1n) is 8.95. The van der Waals surface area contributed by atoms with Crippen molar-refractivity contribution in [2.24, 2.45) is 0 Å². The molecule has 9 heteroatoms. The Bertz CT molecular complexity index is 881. The van der Waals surface area contributed by atoms with E-state index in [2.05, 4.69) is 0 Å². The predicted molar refractivity (Wildman–Crippen MR) is 112 cm³/mol. The third-order valence-electron chi connectivity index (χ3n) is 4.28. The van der Waals surface area contributed by atoms with Crippen LogP contribution in [-0.2, 0) is 21.3 Å². The topological polar surface area (TPSA) is 66.9 Å². The van der Waals surface area contributed by atoms with E-state index in [1.54, 1.807) is 43.3 Å². The van der Waals surface area contributed by atoms with Crippen LogP contribution in [0.4, 0.5) is 0 Å². The molecule has 0 atom stereocenters. The molecule has 0 aliphatic heterocycles. The number of nitrogens with zero attached hydrogens (tertiary/aromatic N) is 2. The van der Waals surface area contributed by atoms with Crippen molar-refractivity contribution in [3.05, 3.63) is 51.2 Å². The van der Waals surface area contributed by atoms with Gasteiger partial charge in [-0.2, -0.15) is 4.31 Å². The molecule has 2 rings (SSSR count). The molecule has 0 radical (unpaired) electrons. The molecule has 0 bridgehead atoms. The number of amides is 1. The second-order valence-corrected chi connectivity index (χ2v) is 9.38. The van der Waals surface area contributed by atoms with Gasteiger partial charge in [0.2, 0.25) is 10.0 Å². The van der Waals surface area contributed by atoms with Crippen molar-refractivity contribution in [3.8, 4) is 0 Å². The zero-order chi connectivity index (χ0) is 20.7. The van der Waals surface area contributed by atoms with E-state index in [4.69, 9.17) is 16.3 Å². The number of rotatable bonds is 10. The molecule has 6 nitrogen and oxygen atoms in total. The quantitative estimate of drug-likeness (QED) is 0.560. The van der Waals surface area contributed by atoms with Gasteiger partial charge in [0.1, 0.15) is 4.90 Å². The first kappa shape index (κ1) is 22.8. The van der Waals surface area contributed by atoms with Gasteiger partial charge in [-0.3, -0.25) is 4.79 Å². The molecule has 28 heavy (non-hydrogen) atoms. The lowest BCUT2D eigenvalue weighted by atomic mass is 10.2. The van der Waals surface area contributed by atoms with Crippen molar-refractivity contribution in [2.45, 2.75) is 25.3 Å². The summed E-state index contributed by atoms with van der Waals surface area (Å²) >= 11 is 7.73. The maximum atomic E-state index is 13.1. The van der Waals surface area contributed by atoms with Crippen LogP contribution in [0.5, 0.6) is 0 Å². The van der Waals surface area contributed by atoms with Crippen molar-refractivity contribution in [3.63, 3.8) is 0 Å². The highest BCUT2D eigenvalue weighted by Gasteiger charge is 2.26. The van der Waals surface area contributed by atoms with Crippen LogP contribution >= 0.6 is 22.9 Å². The zero-order valence-corrected chi connectivity index (χ0v) is 18.6. The van der Waals surface area contributed by atoms with Crippen molar-refractivity contribution < 1.29 is 17.9 Å². The Labute approximate surface area is 175 Å². The lowest BCUT2D eigenvalue weighted by Crippen LogP contribution is -2.34. The molecule has 1 amide bonds. The Morgan fingerprint density at radius 1 is 1.21 bits per heavy atom. The van der Waals surface area contributed by atoms with Crippen LogP contribution in [0.15, 0.2) is 40.6 Å². The van der Waals surface area contributed by atoms with E-state index < -0.39 is 10.0 Å². The summed E-state index contributed by atoms with van der Waals surface area (Å²) in [7, 11) is -2.20. The van der Waals surface area contributed by atoms with Gasteiger partial charge in [0.05, 0.1) is 18.2 Å². The van der Waals surface area contributed by atoms with E-state index in [0.29, 0.717) is 32.8 Å². The molecule has 0 saturated heterocycles. The summed E-state index contributed by atoms with van der Waals surface area (Å²) in [4.78, 5) is 15.7. The fourth-order valence-electron chi connectivity index (χ4n) is 2.76. The van der Waals surface area contributed by atoms with E-state index in [1.807, 2.05) is 17.5 Å². The number of thiophene rings is 1. The molecule has 0 aliphatic rings. The first-order valence-corrected chi connectivity index (χ1v) is 11.6. The SMILES string of the molecule is CCN(CC)S(=O)(=O)c1cc(C(=O)N(CCOC)Cc2cccs2)ccc1Cl. The third-order valence-corrected chi connectivity index (χ3v) is 7.67. The predicted octanol–water partition coefficient (Wildman–Crippen LogP) is 3.72. The van der Waals surface area contributed by atoms with E-state index in [9.17, 15) is 13.2 Å². The highest BCUT2D eigenvalue weighted by molar-refractivity contribution is 7.89. The Morgan fingerprint density at radius 3 is 2.50 bits per heavy atom. The Morgan fingerprint density at radius 2 is 1.93 bits per heavy atom. The molecule has 1 heterocycles. The van der Waals surface area contributed by atoms with Gasteiger partial charge >= 0.3 is 0 Å². The number of benzene rings is 1. The van der Waals surface area contributed by atoms with Crippen molar-refractivity contribution >= 4 is 38.9 Å². The van der Waals surface area contributed by atoms with E-state index >= 15 is 0 Å². The van der Waals surface area contributed by atoms with Crippen molar-refractivity contribution in [1.82, 2.24) is 9.21 Å². The monoisotopic (exact) mass is 444 g/mol. The summed E-state index contributed by atoms with van der Waals surface area (Å²) in [5.41, 5.74) is 0.280. The summed E-state index contributed by atoms with van der Waals surface area (Å²) in [5, 5.41) is 2.05. The number of hydrogen-bond donors (Lipinski definition) is 0. The van der Waals surface area contributed by atoms with Gasteiger partial charge in [0.15, 0.2) is 0 Å². The number of ether oxygens (including phenoxy) is 1. The summed E-state index contributed by atoms with van der Waals surface area (Å²) in [6, 6.07) is 8.27. The molecule has 1 aromatic carbocycles. The smallest absolute Gasteiger partial charge is 0.254 e. The lowest BCUT2D eigenvalue weighted by molar-refractivity contribution is 0.0682. The van der Waals surface area contributed by atoms with Crippen molar-refractivity contribution in [2.75, 3.05) is 33.4 Å². The Hall–Kier alpha value is -1.45. The van der Waals surface area contributed by atoms with Gasteiger partial charge in [-0.25, -0.2) is 8.42 Å². The zero-order valence-electron chi connectivity index (χ0n) is 16.2. The van der Waals surface area contributed by atoms with Gasteiger partial charge in [0.25, 0.3) is 5.91 Å². The highest BCUT2D eigenvalue weighted by atomic mass is 35.5. The minimum atomic E-state index is -3.77. The van der Waals surface area contributed by atoms with Gasteiger partial charge in [-0.05, 0) is 29.6 Å². The van der Waals surface area contributed by atoms with Crippen molar-refractivity contribution in [1.29, 1.82) is 0 Å². The largest absolute Gasteiger partial charge is 0.383 e. The van der Waals surface area contributed by atoms with Crippen LogP contribution < -0.4 is 0 Å². The maximum Gasteiger partial charge on any atom is 0.254 e. The van der Waals surface area contributed by atoms with Crippen LogP contribution in [0.1, 0.15) is 29.1 Å². The number of halogens is 1. The molecule has 0 unspecified atom stereocenters. The fourth-order valence-corrected chi connectivity index (χ4v) is 5.44. The van der Waals surface area contributed by atoms with E-state index in [0.717, 1.165) is 4.88 Å². The van der Waals surface area contributed by atoms with E-state index in [1.165, 1.54) is 16.4 Å². The average molecular weight is 445 g/mol. The molecule has 154 valence electrons. The minimum absolute atomic E-state index is 0.0495. The molecule has 0 saturated carbocycles. The molecule has 0 N–H and O–H groups in total. The number of methoxy groups -OCH3 is 1. The van der Waals surface area contributed by atoms with Crippen LogP contribution in [-0.4, -0.2) is 56.9 Å². The lowest BCUT2D eigenvalue weighted by Gasteiger charge is -2.23. The van der Waals surface area contributed by atoms with Gasteiger partial charge in [0, 0.05) is 37.2 Å². The van der Waals surface area contributed by atoms with E-state index in [-0.39, 0.29) is 21.4 Å². The highest BCUT2D eigenvalue weighted by Crippen LogP contribution is 2.27. The van der Waals surface area contributed by atoms with Gasteiger partial charge in [-0.1, -0.05) is 31.5 Å². The van der Waals surface area contributed by atoms with Gasteiger partial charge in [-0.15, -0.1) is 11.3 Å². The number of carbonyl (C=O) groups excluding carboxylic acids is 1. The summed E-state index contributed by atoms with van der Waals surface area (Å²) in [6.07, 6.45) is 0. The number of hydrogen-bond acceptors (Lipinski definition) is 5. The third kappa shape index (κ3) is 5.33. The molecule has 0 aliphatic carbocycles. The average Bonchev–Trinajstić information content (AvgIpc) is 3.18. The standard InChI is InChI=1S/C19H25ClN2O4S2/c1-4-22(5-2)28(24,25)18-13-15(8-9-17(18)20)19(23)21(10-11-26-3)14-16-7-6-12-27-16/h6-9,12-13H,4-5,10-11,14H2,1-3H3. The maximum absolute atomic E-state index is 13.1. The molecule has 0 fully saturated rings. The summed E-state index contributed by atoms with van der Waals surface area (Å²) < 4.78 is 32.2. The minimum Gasteiger partial charge on any atom is -0.383 e. The van der Waals surface area contributed by atoms with Crippen LogP contribution in [0, 0.1) is 0 Å².